The first-order valence-corrected chi connectivity index (χ1v) is 15.0. The maximum atomic E-state index is 13.6. The number of carbonyl (C=O) groups excluding carboxylic acids is 1. The van der Waals surface area contributed by atoms with Crippen molar-refractivity contribution < 1.29 is 22.7 Å². The highest BCUT2D eigenvalue weighted by molar-refractivity contribution is 8.00. The maximum Gasteiger partial charge on any atom is 0.418 e. The van der Waals surface area contributed by atoms with E-state index in [2.05, 4.69) is 17.1 Å². The Morgan fingerprint density at radius 3 is 2.30 bits per heavy atom. The number of piperidine rings is 1. The Balaban J connectivity index is 1.13. The van der Waals surface area contributed by atoms with E-state index in [-0.39, 0.29) is 18.2 Å². The Labute approximate surface area is 252 Å². The summed E-state index contributed by atoms with van der Waals surface area (Å²) in [5, 5.41) is 0.847. The molecule has 0 N–H and O–H groups in total. The summed E-state index contributed by atoms with van der Waals surface area (Å²) < 4.78 is 46.4. The highest BCUT2D eigenvalue weighted by Crippen LogP contribution is 2.38. The zero-order valence-electron chi connectivity index (χ0n) is 23.3. The molecule has 0 spiro atoms. The summed E-state index contributed by atoms with van der Waals surface area (Å²) in [5.41, 5.74) is 3.73. The molecule has 0 bridgehead atoms. The largest absolute Gasteiger partial charge is 0.445 e. The second-order valence-electron chi connectivity index (χ2n) is 10.5. The van der Waals surface area contributed by atoms with Crippen LogP contribution in [-0.2, 0) is 17.5 Å². The van der Waals surface area contributed by atoms with Crippen molar-refractivity contribution in [2.24, 2.45) is 0 Å². The van der Waals surface area contributed by atoms with Crippen molar-refractivity contribution in [2.45, 2.75) is 35.8 Å². The number of para-hydroxylation sites is 1. The van der Waals surface area contributed by atoms with Crippen molar-refractivity contribution in [3.05, 3.63) is 120 Å². The summed E-state index contributed by atoms with van der Waals surface area (Å²) in [6.07, 6.45) is -1.57. The predicted octanol–water partition coefficient (Wildman–Crippen LogP) is 9.48. The number of nitrogens with zero attached hydrogens (tertiary/aromatic N) is 2. The van der Waals surface area contributed by atoms with E-state index in [1.165, 1.54) is 12.3 Å². The normalized spacial score (nSPS) is 14.2. The van der Waals surface area contributed by atoms with Crippen molar-refractivity contribution in [1.82, 2.24) is 9.88 Å². The number of thioether (sulfide) groups is 1. The quantitative estimate of drug-likeness (QED) is 0.195. The van der Waals surface area contributed by atoms with Crippen LogP contribution in [0.2, 0.25) is 0 Å². The topological polar surface area (TPSA) is 42.4 Å². The molecule has 0 saturated carbocycles. The predicted molar refractivity (Wildman–Crippen MR) is 165 cm³/mol. The number of carbonyl (C=O) groups is 1. The third-order valence-electron chi connectivity index (χ3n) is 7.63. The van der Waals surface area contributed by atoms with Crippen molar-refractivity contribution in [1.29, 1.82) is 0 Å². The Bertz CT molecular complexity index is 1730. The summed E-state index contributed by atoms with van der Waals surface area (Å²) in [6.45, 7) is 1.58. The molecular formula is C35H29F3N2O2S. The fraction of sp³-hybridized carbons (Fsp3) is 0.200. The van der Waals surface area contributed by atoms with Crippen molar-refractivity contribution in [2.75, 3.05) is 13.1 Å². The maximum absolute atomic E-state index is 13.6. The molecule has 1 aliphatic heterocycles. The van der Waals surface area contributed by atoms with Crippen LogP contribution < -0.4 is 0 Å². The number of pyridine rings is 1. The number of fused-ring (bicyclic) bond motifs is 1. The molecule has 218 valence electrons. The van der Waals surface area contributed by atoms with Gasteiger partial charge >= 0.3 is 12.3 Å². The minimum absolute atomic E-state index is 0.0493. The lowest BCUT2D eigenvalue weighted by Crippen LogP contribution is -2.39. The van der Waals surface area contributed by atoms with Crippen molar-refractivity contribution >= 4 is 28.8 Å². The Hall–Kier alpha value is -4.30. The molecule has 43 heavy (non-hydrogen) atoms. The lowest BCUT2D eigenvalue weighted by Gasteiger charge is -2.31. The summed E-state index contributed by atoms with van der Waals surface area (Å²) in [6, 6.07) is 31.8. The van der Waals surface area contributed by atoms with Crippen LogP contribution in [0.15, 0.2) is 114 Å². The molecule has 1 saturated heterocycles. The first-order valence-electron chi connectivity index (χ1n) is 14.1. The smallest absolute Gasteiger partial charge is 0.418 e. The van der Waals surface area contributed by atoms with Gasteiger partial charge in [-0.2, -0.15) is 13.2 Å². The first kappa shape index (κ1) is 28.8. The molecule has 1 amide bonds. The van der Waals surface area contributed by atoms with Crippen LogP contribution in [0.1, 0.15) is 24.0 Å². The van der Waals surface area contributed by atoms with Gasteiger partial charge in [0.2, 0.25) is 0 Å². The molecule has 2 heterocycles. The molecule has 0 unspecified atom stereocenters. The number of halogens is 3. The van der Waals surface area contributed by atoms with Gasteiger partial charge in [-0.05, 0) is 71.0 Å². The van der Waals surface area contributed by atoms with Gasteiger partial charge in [0.15, 0.2) is 0 Å². The number of alkyl halides is 3. The van der Waals surface area contributed by atoms with Gasteiger partial charge in [0.1, 0.15) is 6.61 Å². The van der Waals surface area contributed by atoms with Crippen LogP contribution in [0.5, 0.6) is 0 Å². The van der Waals surface area contributed by atoms with Gasteiger partial charge in [-0.3, -0.25) is 4.98 Å². The molecule has 0 aliphatic carbocycles. The van der Waals surface area contributed by atoms with E-state index >= 15 is 0 Å². The van der Waals surface area contributed by atoms with Gasteiger partial charge in [0.05, 0.1) is 11.1 Å². The van der Waals surface area contributed by atoms with E-state index < -0.39 is 11.7 Å². The monoisotopic (exact) mass is 598 g/mol. The van der Waals surface area contributed by atoms with Gasteiger partial charge in [-0.25, -0.2) is 4.79 Å². The van der Waals surface area contributed by atoms with Crippen LogP contribution in [-0.4, -0.2) is 34.3 Å². The third kappa shape index (κ3) is 6.70. The Morgan fingerprint density at radius 1 is 0.837 bits per heavy atom. The van der Waals surface area contributed by atoms with Crippen LogP contribution in [0.3, 0.4) is 0 Å². The summed E-state index contributed by atoms with van der Waals surface area (Å²) in [4.78, 5) is 19.5. The molecule has 1 fully saturated rings. The van der Waals surface area contributed by atoms with Gasteiger partial charge < -0.3 is 9.64 Å². The highest BCUT2D eigenvalue weighted by atomic mass is 32.2. The molecule has 1 aromatic heterocycles. The molecule has 4 nitrogen and oxygen atoms in total. The van der Waals surface area contributed by atoms with Crippen molar-refractivity contribution in [3.8, 4) is 22.3 Å². The van der Waals surface area contributed by atoms with E-state index in [4.69, 9.17) is 4.74 Å². The van der Waals surface area contributed by atoms with Gasteiger partial charge in [0.25, 0.3) is 0 Å². The van der Waals surface area contributed by atoms with Crippen molar-refractivity contribution in [3.63, 3.8) is 0 Å². The van der Waals surface area contributed by atoms with E-state index in [0.29, 0.717) is 29.3 Å². The average Bonchev–Trinajstić information content (AvgIpc) is 3.03. The standard InChI is InChI=1S/C35H29F3N2O2S/c36-35(37,38)32-14-6-13-31-30(15-18-39-33(31)32)27-11-4-9-25(21-27)26-10-5-12-29(22-26)43-28-16-19-40(20-17-28)34(41)42-23-24-7-2-1-3-8-24/h1-15,18,21-22,28H,16-17,19-20,23H2. The molecular weight excluding hydrogens is 569 g/mol. The van der Waals surface area contributed by atoms with Crippen LogP contribution in [0.25, 0.3) is 33.2 Å². The number of amides is 1. The zero-order chi connectivity index (χ0) is 29.8. The van der Waals surface area contributed by atoms with E-state index in [0.717, 1.165) is 46.1 Å². The summed E-state index contributed by atoms with van der Waals surface area (Å²) >= 11 is 1.81. The van der Waals surface area contributed by atoms with Gasteiger partial charge in [-0.1, -0.05) is 72.8 Å². The van der Waals surface area contributed by atoms with E-state index in [1.54, 1.807) is 17.0 Å². The fourth-order valence-electron chi connectivity index (χ4n) is 5.43. The zero-order valence-corrected chi connectivity index (χ0v) is 24.1. The van der Waals surface area contributed by atoms with Crippen LogP contribution >= 0.6 is 11.8 Å². The Morgan fingerprint density at radius 2 is 1.53 bits per heavy atom. The highest BCUT2D eigenvalue weighted by Gasteiger charge is 2.33. The average molecular weight is 599 g/mol. The fourth-order valence-corrected chi connectivity index (χ4v) is 6.61. The second kappa shape index (κ2) is 12.5. The SMILES string of the molecule is O=C(OCc1ccccc1)N1CCC(Sc2cccc(-c3cccc(-c4ccnc5c(C(F)(F)F)cccc45)c3)c2)CC1. The lowest BCUT2D eigenvalue weighted by atomic mass is 9.96. The molecule has 8 heteroatoms. The number of hydrogen-bond acceptors (Lipinski definition) is 4. The molecule has 5 aromatic rings. The first-order chi connectivity index (χ1) is 20.8. The van der Waals surface area contributed by atoms with E-state index in [9.17, 15) is 18.0 Å². The minimum atomic E-state index is -4.48. The van der Waals surface area contributed by atoms with Gasteiger partial charge in [-0.15, -0.1) is 11.8 Å². The van der Waals surface area contributed by atoms with E-state index in [1.807, 2.05) is 78.5 Å². The second-order valence-corrected chi connectivity index (χ2v) is 11.9. The van der Waals surface area contributed by atoms with Gasteiger partial charge in [0, 0.05) is 34.8 Å². The lowest BCUT2D eigenvalue weighted by molar-refractivity contribution is -0.136. The minimum Gasteiger partial charge on any atom is -0.445 e. The number of likely N-dealkylation sites (tertiary alicyclic amines) is 1. The molecule has 1 aliphatic rings. The number of aromatic nitrogens is 1. The number of benzene rings is 4. The molecule has 0 atom stereocenters. The van der Waals surface area contributed by atoms with Crippen LogP contribution in [0, 0.1) is 0 Å². The number of hydrogen-bond donors (Lipinski definition) is 0. The molecule has 6 rings (SSSR count). The number of ether oxygens (including phenoxy) is 1. The Kier molecular flexibility index (Phi) is 8.38. The third-order valence-corrected chi connectivity index (χ3v) is 8.96. The summed E-state index contributed by atoms with van der Waals surface area (Å²) in [7, 11) is 0. The molecule has 4 aromatic carbocycles. The summed E-state index contributed by atoms with van der Waals surface area (Å²) in [5.74, 6) is 0. The number of rotatable bonds is 6. The van der Waals surface area contributed by atoms with Crippen LogP contribution in [0.4, 0.5) is 18.0 Å². The molecule has 0 radical (unpaired) electrons.